The Hall–Kier alpha value is -1.96. The van der Waals surface area contributed by atoms with E-state index in [0.717, 1.165) is 24.3 Å². The topological polar surface area (TPSA) is 18.5 Å². The minimum absolute atomic E-state index is 0.993. The molecule has 0 bridgehead atoms. The van der Waals surface area contributed by atoms with Crippen molar-refractivity contribution in [3.8, 4) is 22.6 Å². The molecule has 2 aliphatic rings. The Kier molecular flexibility index (Phi) is 4.22. The molecular formula is C22H26O2. The smallest absolute Gasteiger partial charge is 0.127 e. The van der Waals surface area contributed by atoms with E-state index in [-0.39, 0.29) is 0 Å². The quantitative estimate of drug-likeness (QED) is 0.780. The molecule has 2 aliphatic carbocycles. The highest BCUT2D eigenvalue weighted by Crippen LogP contribution is 2.46. The van der Waals surface area contributed by atoms with Crippen LogP contribution in [-0.2, 0) is 25.7 Å². The van der Waals surface area contributed by atoms with Crippen molar-refractivity contribution in [2.75, 3.05) is 14.2 Å². The normalized spacial score (nSPS) is 16.2. The molecule has 0 heterocycles. The van der Waals surface area contributed by atoms with Gasteiger partial charge in [0.05, 0.1) is 14.2 Å². The maximum Gasteiger partial charge on any atom is 0.127 e. The Morgan fingerprint density at radius 1 is 0.583 bits per heavy atom. The van der Waals surface area contributed by atoms with Gasteiger partial charge in [-0.1, -0.05) is 12.1 Å². The van der Waals surface area contributed by atoms with E-state index >= 15 is 0 Å². The molecule has 0 fully saturated rings. The lowest BCUT2D eigenvalue weighted by Gasteiger charge is -2.27. The zero-order chi connectivity index (χ0) is 16.5. The van der Waals surface area contributed by atoms with Crippen LogP contribution in [0.2, 0.25) is 0 Å². The summed E-state index contributed by atoms with van der Waals surface area (Å²) in [5, 5.41) is 0. The van der Waals surface area contributed by atoms with Gasteiger partial charge < -0.3 is 9.47 Å². The summed E-state index contributed by atoms with van der Waals surface area (Å²) in [6.07, 6.45) is 9.79. The van der Waals surface area contributed by atoms with Gasteiger partial charge in [-0.15, -0.1) is 0 Å². The number of aryl methyl sites for hydroxylation is 2. The van der Waals surface area contributed by atoms with E-state index in [9.17, 15) is 0 Å². The largest absolute Gasteiger partial charge is 0.496 e. The van der Waals surface area contributed by atoms with Crippen LogP contribution in [0.5, 0.6) is 11.5 Å². The van der Waals surface area contributed by atoms with Crippen molar-refractivity contribution in [3.05, 3.63) is 46.5 Å². The molecule has 2 aromatic carbocycles. The molecule has 2 aromatic rings. The summed E-state index contributed by atoms with van der Waals surface area (Å²) in [6.45, 7) is 0. The van der Waals surface area contributed by atoms with Crippen molar-refractivity contribution >= 4 is 0 Å². The summed E-state index contributed by atoms with van der Waals surface area (Å²) in [5.74, 6) is 1.99. The number of methoxy groups -OCH3 is 2. The number of ether oxygens (including phenoxy) is 2. The molecule has 0 aromatic heterocycles. The van der Waals surface area contributed by atoms with Gasteiger partial charge in [-0.3, -0.25) is 0 Å². The number of rotatable bonds is 3. The van der Waals surface area contributed by atoms with Gasteiger partial charge >= 0.3 is 0 Å². The molecule has 0 saturated carbocycles. The molecule has 0 unspecified atom stereocenters. The van der Waals surface area contributed by atoms with Gasteiger partial charge in [0.25, 0.3) is 0 Å². The van der Waals surface area contributed by atoms with Gasteiger partial charge in [0.1, 0.15) is 11.5 Å². The third kappa shape index (κ3) is 2.49. The lowest BCUT2D eigenvalue weighted by atomic mass is 9.80. The third-order valence-corrected chi connectivity index (χ3v) is 5.68. The Bertz CT molecular complexity index is 696. The molecular weight excluding hydrogens is 296 g/mol. The molecule has 24 heavy (non-hydrogen) atoms. The van der Waals surface area contributed by atoms with Gasteiger partial charge in [0.15, 0.2) is 0 Å². The summed E-state index contributed by atoms with van der Waals surface area (Å²) in [6, 6.07) is 8.83. The SMILES string of the molecule is COc1ccc2c(c1-c1c(OC)ccc3c1CCCC3)CCCC2. The first-order chi connectivity index (χ1) is 11.8. The van der Waals surface area contributed by atoms with E-state index in [1.54, 1.807) is 14.2 Å². The average molecular weight is 322 g/mol. The van der Waals surface area contributed by atoms with Gasteiger partial charge in [-0.05, 0) is 85.8 Å². The van der Waals surface area contributed by atoms with Crippen molar-refractivity contribution < 1.29 is 9.47 Å². The predicted octanol–water partition coefficient (Wildman–Crippen LogP) is 5.13. The van der Waals surface area contributed by atoms with Crippen LogP contribution < -0.4 is 9.47 Å². The van der Waals surface area contributed by atoms with E-state index in [4.69, 9.17) is 9.47 Å². The van der Waals surface area contributed by atoms with Crippen molar-refractivity contribution in [2.45, 2.75) is 51.4 Å². The molecule has 2 nitrogen and oxygen atoms in total. The van der Waals surface area contributed by atoms with Crippen molar-refractivity contribution in [1.82, 2.24) is 0 Å². The second kappa shape index (κ2) is 6.51. The Morgan fingerprint density at radius 3 is 1.42 bits per heavy atom. The minimum Gasteiger partial charge on any atom is -0.496 e. The van der Waals surface area contributed by atoms with Crippen LogP contribution in [-0.4, -0.2) is 14.2 Å². The third-order valence-electron chi connectivity index (χ3n) is 5.68. The van der Waals surface area contributed by atoms with Crippen molar-refractivity contribution in [3.63, 3.8) is 0 Å². The first-order valence-corrected chi connectivity index (χ1v) is 9.21. The van der Waals surface area contributed by atoms with Gasteiger partial charge in [0.2, 0.25) is 0 Å². The Morgan fingerprint density at radius 2 is 1.00 bits per heavy atom. The number of hydrogen-bond acceptors (Lipinski definition) is 2. The zero-order valence-electron chi connectivity index (χ0n) is 14.8. The van der Waals surface area contributed by atoms with Crippen LogP contribution in [0.3, 0.4) is 0 Å². The molecule has 126 valence electrons. The van der Waals surface area contributed by atoms with Gasteiger partial charge in [-0.25, -0.2) is 0 Å². The summed E-state index contributed by atoms with van der Waals surface area (Å²) < 4.78 is 11.6. The summed E-state index contributed by atoms with van der Waals surface area (Å²) in [4.78, 5) is 0. The molecule has 4 rings (SSSR count). The fourth-order valence-corrected chi connectivity index (χ4v) is 4.50. The molecule has 0 N–H and O–H groups in total. The molecule has 2 heteroatoms. The van der Waals surface area contributed by atoms with Crippen LogP contribution in [0.4, 0.5) is 0 Å². The lowest BCUT2D eigenvalue weighted by molar-refractivity contribution is 0.408. The number of benzene rings is 2. The molecule has 0 atom stereocenters. The van der Waals surface area contributed by atoms with Crippen molar-refractivity contribution in [2.24, 2.45) is 0 Å². The maximum atomic E-state index is 5.80. The standard InChI is InChI=1S/C22H26O2/c1-23-19-13-11-15-7-3-5-9-17(15)21(19)22-18-10-6-4-8-16(18)12-14-20(22)24-2/h11-14H,3-10H2,1-2H3. The highest BCUT2D eigenvalue weighted by molar-refractivity contribution is 5.83. The van der Waals surface area contributed by atoms with E-state index < -0.39 is 0 Å². The van der Waals surface area contributed by atoms with Crippen molar-refractivity contribution in [1.29, 1.82) is 0 Å². The number of fused-ring (bicyclic) bond motifs is 2. The number of hydrogen-bond donors (Lipinski definition) is 0. The first kappa shape index (κ1) is 15.6. The molecule has 0 aliphatic heterocycles. The van der Waals surface area contributed by atoms with Crippen LogP contribution in [0.15, 0.2) is 24.3 Å². The fraction of sp³-hybridized carbons (Fsp3) is 0.455. The van der Waals surface area contributed by atoms with E-state index in [2.05, 4.69) is 24.3 Å². The summed E-state index contributed by atoms with van der Waals surface area (Å²) in [7, 11) is 3.58. The van der Waals surface area contributed by atoms with E-state index in [0.29, 0.717) is 0 Å². The van der Waals surface area contributed by atoms with Crippen LogP contribution in [0.25, 0.3) is 11.1 Å². The summed E-state index contributed by atoms with van der Waals surface area (Å²) >= 11 is 0. The zero-order valence-corrected chi connectivity index (χ0v) is 14.8. The summed E-state index contributed by atoms with van der Waals surface area (Å²) in [5.41, 5.74) is 8.55. The lowest BCUT2D eigenvalue weighted by Crippen LogP contribution is -2.10. The van der Waals surface area contributed by atoms with Crippen LogP contribution in [0.1, 0.15) is 47.9 Å². The first-order valence-electron chi connectivity index (χ1n) is 9.21. The predicted molar refractivity (Wildman–Crippen MR) is 98.3 cm³/mol. The average Bonchev–Trinajstić information content (AvgIpc) is 2.66. The molecule has 0 saturated heterocycles. The fourth-order valence-electron chi connectivity index (χ4n) is 4.50. The highest BCUT2D eigenvalue weighted by Gasteiger charge is 2.25. The maximum absolute atomic E-state index is 5.80. The van der Waals surface area contributed by atoms with E-state index in [1.807, 2.05) is 0 Å². The monoisotopic (exact) mass is 322 g/mol. The Balaban J connectivity index is 2.02. The second-order valence-corrected chi connectivity index (χ2v) is 6.98. The molecule has 0 radical (unpaired) electrons. The molecule has 0 spiro atoms. The highest BCUT2D eigenvalue weighted by atomic mass is 16.5. The van der Waals surface area contributed by atoms with Gasteiger partial charge in [0, 0.05) is 11.1 Å². The van der Waals surface area contributed by atoms with Crippen LogP contribution in [0, 0.1) is 0 Å². The van der Waals surface area contributed by atoms with Gasteiger partial charge in [-0.2, -0.15) is 0 Å². The second-order valence-electron chi connectivity index (χ2n) is 6.98. The Labute approximate surface area is 144 Å². The molecule has 0 amide bonds. The van der Waals surface area contributed by atoms with Crippen LogP contribution >= 0.6 is 0 Å². The minimum atomic E-state index is 0.993. The van der Waals surface area contributed by atoms with E-state index in [1.165, 1.54) is 71.9 Å².